The van der Waals surface area contributed by atoms with Gasteiger partial charge in [0.25, 0.3) is 0 Å². The van der Waals surface area contributed by atoms with Crippen molar-refractivity contribution >= 4 is 0 Å². The molecule has 0 radical (unpaired) electrons. The van der Waals surface area contributed by atoms with Gasteiger partial charge in [-0.15, -0.1) is 0 Å². The number of rotatable bonds is 1. The lowest BCUT2D eigenvalue weighted by Gasteiger charge is -1.98. The van der Waals surface area contributed by atoms with E-state index < -0.39 is 0 Å². The van der Waals surface area contributed by atoms with Crippen LogP contribution < -0.4 is 5.32 Å². The van der Waals surface area contributed by atoms with E-state index in [0.717, 1.165) is 0 Å². The van der Waals surface area contributed by atoms with Gasteiger partial charge in [0.15, 0.2) is 0 Å². The molecule has 0 spiro atoms. The lowest BCUT2D eigenvalue weighted by molar-refractivity contribution is 0.957. The Labute approximate surface area is 45.4 Å². The van der Waals surface area contributed by atoms with Crippen molar-refractivity contribution < 1.29 is 0 Å². The maximum absolute atomic E-state index is 3.04. The third-order valence-electron chi connectivity index (χ3n) is 1.12. The lowest BCUT2D eigenvalue weighted by Crippen LogP contribution is -2.02. The molecule has 0 heterocycles. The molecule has 0 saturated heterocycles. The second-order valence-electron chi connectivity index (χ2n) is 1.88. The van der Waals surface area contributed by atoms with Gasteiger partial charge in [-0.3, -0.25) is 0 Å². The monoisotopic (exact) mass is 99.1 g/mol. The molecule has 0 aliphatic rings. The molecule has 1 nitrogen and oxygen atoms in total. The van der Waals surface area contributed by atoms with Gasteiger partial charge in [-0.25, -0.2) is 0 Å². The first kappa shape index (κ1) is 6.54. The smallest absolute Gasteiger partial charge is 0.00587 e. The van der Waals surface area contributed by atoms with Crippen molar-refractivity contribution in [3.63, 3.8) is 0 Å². The molecular weight excluding hydrogens is 86.1 g/mol. The Kier molecular flexibility index (Phi) is 2.49. The lowest BCUT2D eigenvalue weighted by atomic mass is 10.3. The summed E-state index contributed by atoms with van der Waals surface area (Å²) in [5.74, 6) is 0. The fraction of sp³-hybridized carbons (Fsp3) is 0.667. The molecule has 0 aliphatic carbocycles. The molecule has 0 unspecified atom stereocenters. The molecule has 0 aromatic rings. The molecule has 0 aliphatic heterocycles. The predicted molar refractivity (Wildman–Crippen MR) is 33.1 cm³/mol. The molecule has 0 fully saturated rings. The molecule has 0 rings (SSSR count). The minimum atomic E-state index is 1.26. The molecule has 42 valence electrons. The van der Waals surface area contributed by atoms with Crippen LogP contribution in [0.3, 0.4) is 0 Å². The SMILES string of the molecule is CNC(C)=C(C)C. The van der Waals surface area contributed by atoms with E-state index in [4.69, 9.17) is 0 Å². The van der Waals surface area contributed by atoms with Crippen LogP contribution in [-0.4, -0.2) is 7.05 Å². The second kappa shape index (κ2) is 2.67. The van der Waals surface area contributed by atoms with Gasteiger partial charge in [-0.1, -0.05) is 5.57 Å². The Hall–Kier alpha value is -0.460. The van der Waals surface area contributed by atoms with Crippen LogP contribution in [0.15, 0.2) is 11.3 Å². The second-order valence-corrected chi connectivity index (χ2v) is 1.88. The molecule has 7 heavy (non-hydrogen) atoms. The van der Waals surface area contributed by atoms with E-state index in [2.05, 4.69) is 26.1 Å². The Morgan fingerprint density at radius 2 is 1.57 bits per heavy atom. The average molecular weight is 99.2 g/mol. The van der Waals surface area contributed by atoms with Gasteiger partial charge < -0.3 is 5.32 Å². The third kappa shape index (κ3) is 2.26. The zero-order valence-corrected chi connectivity index (χ0v) is 5.50. The van der Waals surface area contributed by atoms with E-state index in [1.54, 1.807) is 0 Å². The summed E-state index contributed by atoms with van der Waals surface area (Å²) in [6, 6.07) is 0. The summed E-state index contributed by atoms with van der Waals surface area (Å²) in [7, 11) is 1.93. The fourth-order valence-corrected chi connectivity index (χ4v) is 0.250. The molecule has 0 amide bonds. The molecule has 0 bridgehead atoms. The van der Waals surface area contributed by atoms with Crippen LogP contribution in [0.4, 0.5) is 0 Å². The highest BCUT2D eigenvalue weighted by Gasteiger charge is 1.81. The molecule has 0 aromatic carbocycles. The van der Waals surface area contributed by atoms with Crippen molar-refractivity contribution in [2.24, 2.45) is 0 Å². The van der Waals surface area contributed by atoms with Crippen molar-refractivity contribution in [1.29, 1.82) is 0 Å². The maximum Gasteiger partial charge on any atom is 0.00587 e. The van der Waals surface area contributed by atoms with Gasteiger partial charge >= 0.3 is 0 Å². The number of nitrogens with one attached hydrogen (secondary N) is 1. The summed E-state index contributed by atoms with van der Waals surface area (Å²) in [4.78, 5) is 0. The highest BCUT2D eigenvalue weighted by atomic mass is 14.8. The first-order valence-corrected chi connectivity index (χ1v) is 2.50. The van der Waals surface area contributed by atoms with Crippen LogP contribution >= 0.6 is 0 Å². The Bertz CT molecular complexity index is 78.2. The Morgan fingerprint density at radius 3 is 1.57 bits per heavy atom. The Morgan fingerprint density at radius 1 is 1.14 bits per heavy atom. The van der Waals surface area contributed by atoms with Crippen molar-refractivity contribution in [2.75, 3.05) is 7.05 Å². The van der Waals surface area contributed by atoms with E-state index in [1.165, 1.54) is 11.3 Å². The number of hydrogen-bond donors (Lipinski definition) is 1. The van der Waals surface area contributed by atoms with Gasteiger partial charge in [0, 0.05) is 12.7 Å². The fourth-order valence-electron chi connectivity index (χ4n) is 0.250. The third-order valence-corrected chi connectivity index (χ3v) is 1.12. The Balaban J connectivity index is 3.72. The first-order valence-electron chi connectivity index (χ1n) is 2.50. The predicted octanol–water partition coefficient (Wildman–Crippen LogP) is 1.52. The molecule has 0 saturated carbocycles. The minimum absolute atomic E-state index is 1.26. The zero-order valence-electron chi connectivity index (χ0n) is 5.50. The summed E-state index contributed by atoms with van der Waals surface area (Å²) in [6.07, 6.45) is 0. The summed E-state index contributed by atoms with van der Waals surface area (Å²) in [5.41, 5.74) is 2.61. The van der Waals surface area contributed by atoms with Crippen molar-refractivity contribution in [3.8, 4) is 0 Å². The van der Waals surface area contributed by atoms with Crippen molar-refractivity contribution in [2.45, 2.75) is 20.8 Å². The molecule has 1 N–H and O–H groups in total. The number of hydrogen-bond acceptors (Lipinski definition) is 1. The topological polar surface area (TPSA) is 12.0 Å². The highest BCUT2D eigenvalue weighted by Crippen LogP contribution is 1.94. The molecule has 0 atom stereocenters. The van der Waals surface area contributed by atoms with E-state index in [9.17, 15) is 0 Å². The van der Waals surface area contributed by atoms with Gasteiger partial charge in [0.2, 0.25) is 0 Å². The van der Waals surface area contributed by atoms with E-state index in [1.807, 2.05) is 7.05 Å². The molecule has 1 heteroatoms. The number of allylic oxidation sites excluding steroid dienone is 2. The van der Waals surface area contributed by atoms with Crippen molar-refractivity contribution in [3.05, 3.63) is 11.3 Å². The van der Waals surface area contributed by atoms with Crippen molar-refractivity contribution in [1.82, 2.24) is 5.32 Å². The standard InChI is InChI=1S/C6H13N/c1-5(2)6(3)7-4/h7H,1-4H3. The van der Waals surface area contributed by atoms with Crippen LogP contribution in [0.25, 0.3) is 0 Å². The van der Waals surface area contributed by atoms with Gasteiger partial charge in [0.1, 0.15) is 0 Å². The summed E-state index contributed by atoms with van der Waals surface area (Å²) in [6.45, 7) is 6.24. The van der Waals surface area contributed by atoms with Gasteiger partial charge in [-0.2, -0.15) is 0 Å². The van der Waals surface area contributed by atoms with Gasteiger partial charge in [-0.05, 0) is 20.8 Å². The summed E-state index contributed by atoms with van der Waals surface area (Å²) >= 11 is 0. The molecular formula is C6H13N. The van der Waals surface area contributed by atoms with Gasteiger partial charge in [0.05, 0.1) is 0 Å². The van der Waals surface area contributed by atoms with E-state index in [0.29, 0.717) is 0 Å². The van der Waals surface area contributed by atoms with Crippen LogP contribution in [-0.2, 0) is 0 Å². The zero-order chi connectivity index (χ0) is 5.86. The summed E-state index contributed by atoms with van der Waals surface area (Å²) < 4.78 is 0. The van der Waals surface area contributed by atoms with E-state index >= 15 is 0 Å². The molecule has 0 aromatic heterocycles. The summed E-state index contributed by atoms with van der Waals surface area (Å²) in [5, 5.41) is 3.04. The quantitative estimate of drug-likeness (QED) is 0.525. The van der Waals surface area contributed by atoms with Crippen LogP contribution in [0.1, 0.15) is 20.8 Å². The van der Waals surface area contributed by atoms with Crippen LogP contribution in [0.5, 0.6) is 0 Å². The maximum atomic E-state index is 3.04. The first-order chi connectivity index (χ1) is 3.18. The largest absolute Gasteiger partial charge is 0.392 e. The average Bonchev–Trinajstić information content (AvgIpc) is 1.65. The van der Waals surface area contributed by atoms with E-state index in [-0.39, 0.29) is 0 Å². The normalized spacial score (nSPS) is 8.00. The minimum Gasteiger partial charge on any atom is -0.392 e. The van der Waals surface area contributed by atoms with Crippen LogP contribution in [0, 0.1) is 0 Å². The highest BCUT2D eigenvalue weighted by molar-refractivity contribution is 5.03. The van der Waals surface area contributed by atoms with Crippen LogP contribution in [0.2, 0.25) is 0 Å².